The van der Waals surface area contributed by atoms with Crippen LogP contribution in [-0.4, -0.2) is 34.5 Å². The normalized spacial score (nSPS) is 15.3. The van der Waals surface area contributed by atoms with E-state index in [2.05, 4.69) is 35.5 Å². The molecule has 4 nitrogen and oxygen atoms in total. The summed E-state index contributed by atoms with van der Waals surface area (Å²) in [5.74, 6) is 2.65. The molecule has 2 aromatic rings. The van der Waals surface area contributed by atoms with Crippen molar-refractivity contribution in [3.63, 3.8) is 0 Å². The summed E-state index contributed by atoms with van der Waals surface area (Å²) in [6.45, 7) is 6.61. The van der Waals surface area contributed by atoms with Gasteiger partial charge in [-0.05, 0) is 43.2 Å². The molecule has 1 N–H and O–H groups in total. The van der Waals surface area contributed by atoms with Crippen molar-refractivity contribution in [2.75, 3.05) is 18.9 Å². The molecule has 0 saturated heterocycles. The van der Waals surface area contributed by atoms with Crippen LogP contribution in [0.15, 0.2) is 11.4 Å². The maximum absolute atomic E-state index is 4.75. The zero-order chi connectivity index (χ0) is 14.8. The van der Waals surface area contributed by atoms with Gasteiger partial charge in [0.1, 0.15) is 16.5 Å². The number of aromatic nitrogens is 2. The van der Waals surface area contributed by atoms with Crippen LogP contribution in [0.1, 0.15) is 38.9 Å². The molecule has 3 rings (SSSR count). The maximum atomic E-state index is 4.75. The lowest BCUT2D eigenvalue weighted by Gasteiger charge is -2.22. The highest BCUT2D eigenvalue weighted by atomic mass is 32.1. The van der Waals surface area contributed by atoms with Gasteiger partial charge in [0.2, 0.25) is 0 Å². The summed E-state index contributed by atoms with van der Waals surface area (Å²) in [6, 6.07) is 2.84. The fraction of sp³-hybridized carbons (Fsp3) is 0.625. The summed E-state index contributed by atoms with van der Waals surface area (Å²) in [5.41, 5.74) is 0. The Kier molecular flexibility index (Phi) is 4.40. The number of nitrogens with zero attached hydrogens (tertiary/aromatic N) is 3. The third kappa shape index (κ3) is 3.52. The van der Waals surface area contributed by atoms with Crippen molar-refractivity contribution in [1.82, 2.24) is 14.9 Å². The van der Waals surface area contributed by atoms with E-state index in [-0.39, 0.29) is 0 Å². The van der Waals surface area contributed by atoms with E-state index in [4.69, 9.17) is 9.97 Å². The Morgan fingerprint density at radius 1 is 1.38 bits per heavy atom. The summed E-state index contributed by atoms with van der Waals surface area (Å²) in [7, 11) is 1.93. The first kappa shape index (κ1) is 14.7. The monoisotopic (exact) mass is 304 g/mol. The standard InChI is InChI=1S/C16H24N4S/c1-11(2)6-8-20(12-4-5-12)10-14-18-15(17-3)13-7-9-21-16(13)19-14/h7,9,11-12H,4-6,8,10H2,1-3H3,(H,17,18,19). The van der Waals surface area contributed by atoms with E-state index in [0.717, 1.165) is 46.9 Å². The smallest absolute Gasteiger partial charge is 0.146 e. The van der Waals surface area contributed by atoms with E-state index in [9.17, 15) is 0 Å². The quantitative estimate of drug-likeness (QED) is 0.846. The topological polar surface area (TPSA) is 41.1 Å². The molecule has 0 spiro atoms. The van der Waals surface area contributed by atoms with Crippen molar-refractivity contribution in [2.24, 2.45) is 5.92 Å². The third-order valence-corrected chi connectivity index (χ3v) is 4.82. The fourth-order valence-electron chi connectivity index (χ4n) is 2.60. The summed E-state index contributed by atoms with van der Waals surface area (Å²) >= 11 is 1.69. The predicted molar refractivity (Wildman–Crippen MR) is 89.8 cm³/mol. The minimum Gasteiger partial charge on any atom is -0.372 e. The number of fused-ring (bicyclic) bond motifs is 1. The molecule has 0 aromatic carbocycles. The number of anilines is 1. The lowest BCUT2D eigenvalue weighted by Crippen LogP contribution is -2.28. The molecule has 1 aliphatic carbocycles. The average molecular weight is 304 g/mol. The number of thiophene rings is 1. The van der Waals surface area contributed by atoms with Gasteiger partial charge in [-0.2, -0.15) is 0 Å². The van der Waals surface area contributed by atoms with Crippen molar-refractivity contribution in [3.8, 4) is 0 Å². The highest BCUT2D eigenvalue weighted by molar-refractivity contribution is 7.16. The minimum atomic E-state index is 0.750. The van der Waals surface area contributed by atoms with Gasteiger partial charge < -0.3 is 5.32 Å². The summed E-state index contributed by atoms with van der Waals surface area (Å²) in [6.07, 6.45) is 3.91. The lowest BCUT2D eigenvalue weighted by atomic mass is 10.1. The summed E-state index contributed by atoms with van der Waals surface area (Å²) < 4.78 is 0. The third-order valence-electron chi connectivity index (χ3n) is 4.01. The molecule has 2 heterocycles. The molecule has 21 heavy (non-hydrogen) atoms. The molecule has 0 aliphatic heterocycles. The van der Waals surface area contributed by atoms with E-state index < -0.39 is 0 Å². The average Bonchev–Trinajstić information content (AvgIpc) is 3.20. The first-order valence-corrected chi connectivity index (χ1v) is 8.71. The molecule has 1 fully saturated rings. The second-order valence-corrected chi connectivity index (χ2v) is 7.16. The Morgan fingerprint density at radius 3 is 2.86 bits per heavy atom. The Balaban J connectivity index is 1.78. The van der Waals surface area contributed by atoms with Gasteiger partial charge in [0.05, 0.1) is 11.9 Å². The van der Waals surface area contributed by atoms with Gasteiger partial charge in [0.25, 0.3) is 0 Å². The van der Waals surface area contributed by atoms with E-state index in [1.807, 2.05) is 7.05 Å². The Labute approximate surface area is 130 Å². The summed E-state index contributed by atoms with van der Waals surface area (Å²) in [5, 5.41) is 6.42. The van der Waals surface area contributed by atoms with Gasteiger partial charge in [-0.15, -0.1) is 11.3 Å². The van der Waals surface area contributed by atoms with Gasteiger partial charge in [-0.25, -0.2) is 9.97 Å². The van der Waals surface area contributed by atoms with Crippen LogP contribution in [0, 0.1) is 5.92 Å². The maximum Gasteiger partial charge on any atom is 0.146 e. The zero-order valence-corrected chi connectivity index (χ0v) is 13.9. The second-order valence-electron chi connectivity index (χ2n) is 6.26. The van der Waals surface area contributed by atoms with Crippen molar-refractivity contribution >= 4 is 27.4 Å². The van der Waals surface area contributed by atoms with Crippen LogP contribution in [0.25, 0.3) is 10.2 Å². The lowest BCUT2D eigenvalue weighted by molar-refractivity contribution is 0.234. The highest BCUT2D eigenvalue weighted by Crippen LogP contribution is 2.30. The Hall–Kier alpha value is -1.20. The molecular weight excluding hydrogens is 280 g/mol. The predicted octanol–water partition coefficient (Wildman–Crippen LogP) is 3.74. The molecule has 5 heteroatoms. The van der Waals surface area contributed by atoms with Crippen LogP contribution in [0.3, 0.4) is 0 Å². The molecule has 1 saturated carbocycles. The highest BCUT2D eigenvalue weighted by Gasteiger charge is 2.29. The van der Waals surface area contributed by atoms with Crippen LogP contribution in [-0.2, 0) is 6.54 Å². The van der Waals surface area contributed by atoms with Crippen LogP contribution in [0.4, 0.5) is 5.82 Å². The first-order chi connectivity index (χ1) is 10.2. The van der Waals surface area contributed by atoms with Crippen LogP contribution >= 0.6 is 11.3 Å². The fourth-order valence-corrected chi connectivity index (χ4v) is 3.38. The van der Waals surface area contributed by atoms with Crippen molar-refractivity contribution in [2.45, 2.75) is 45.7 Å². The number of nitrogens with one attached hydrogen (secondary N) is 1. The van der Waals surface area contributed by atoms with Crippen LogP contribution in [0.5, 0.6) is 0 Å². The van der Waals surface area contributed by atoms with E-state index in [1.54, 1.807) is 11.3 Å². The molecule has 114 valence electrons. The number of rotatable bonds is 7. The van der Waals surface area contributed by atoms with E-state index in [0.29, 0.717) is 0 Å². The SMILES string of the molecule is CNc1nc(CN(CCC(C)C)C2CC2)nc2sccc12. The van der Waals surface area contributed by atoms with Gasteiger partial charge in [-0.1, -0.05) is 13.8 Å². The van der Waals surface area contributed by atoms with Crippen molar-refractivity contribution in [1.29, 1.82) is 0 Å². The van der Waals surface area contributed by atoms with Crippen LogP contribution in [0.2, 0.25) is 0 Å². The first-order valence-electron chi connectivity index (χ1n) is 7.83. The Bertz CT molecular complexity index is 603. The van der Waals surface area contributed by atoms with Crippen molar-refractivity contribution < 1.29 is 0 Å². The second kappa shape index (κ2) is 6.28. The molecule has 0 bridgehead atoms. The molecule has 0 unspecified atom stereocenters. The van der Waals surface area contributed by atoms with E-state index in [1.165, 1.54) is 19.3 Å². The molecule has 0 amide bonds. The Morgan fingerprint density at radius 2 is 2.19 bits per heavy atom. The number of hydrogen-bond acceptors (Lipinski definition) is 5. The minimum absolute atomic E-state index is 0.750. The largest absolute Gasteiger partial charge is 0.372 e. The molecule has 2 aromatic heterocycles. The van der Waals surface area contributed by atoms with Gasteiger partial charge in [0.15, 0.2) is 0 Å². The van der Waals surface area contributed by atoms with Crippen LogP contribution < -0.4 is 5.32 Å². The molecule has 0 radical (unpaired) electrons. The molecular formula is C16H24N4S. The van der Waals surface area contributed by atoms with Gasteiger partial charge in [-0.3, -0.25) is 4.90 Å². The van der Waals surface area contributed by atoms with Gasteiger partial charge >= 0.3 is 0 Å². The molecule has 0 atom stereocenters. The summed E-state index contributed by atoms with van der Waals surface area (Å²) in [4.78, 5) is 13.1. The molecule has 1 aliphatic rings. The zero-order valence-electron chi connectivity index (χ0n) is 13.1. The van der Waals surface area contributed by atoms with Crippen molar-refractivity contribution in [3.05, 3.63) is 17.3 Å². The van der Waals surface area contributed by atoms with Gasteiger partial charge in [0, 0.05) is 13.1 Å². The number of hydrogen-bond donors (Lipinski definition) is 1. The van der Waals surface area contributed by atoms with E-state index >= 15 is 0 Å².